The molecule has 0 spiro atoms. The number of rotatable bonds is 2. The van der Waals surface area contributed by atoms with Crippen LogP contribution in [-0.4, -0.2) is 23.9 Å². The first-order chi connectivity index (χ1) is 12.5. The number of nitriles is 1. The van der Waals surface area contributed by atoms with Crippen LogP contribution in [0.3, 0.4) is 0 Å². The van der Waals surface area contributed by atoms with Gasteiger partial charge in [0.25, 0.3) is 11.6 Å². The largest absolute Gasteiger partial charge is 0.365 e. The van der Waals surface area contributed by atoms with Gasteiger partial charge < -0.3 is 4.90 Å². The molecule has 0 bridgehead atoms. The number of nitrogens with zero attached hydrogens (tertiary/aromatic N) is 4. The maximum atomic E-state index is 12.9. The fraction of sp³-hybridized carbons (Fsp3) is 0.158. The fourth-order valence-corrected chi connectivity index (χ4v) is 3.73. The van der Waals surface area contributed by atoms with Gasteiger partial charge in [0.2, 0.25) is 0 Å². The molecule has 0 radical (unpaired) electrons. The van der Waals surface area contributed by atoms with Crippen molar-refractivity contribution in [2.75, 3.05) is 16.8 Å². The number of hydrogen-bond donors (Lipinski definition) is 0. The Bertz CT molecular complexity index is 1010. The molecule has 26 heavy (non-hydrogen) atoms. The molecule has 0 saturated heterocycles. The number of nitro groups is 1. The highest BCUT2D eigenvalue weighted by molar-refractivity contribution is 6.10. The number of nitro benzene ring substituents is 1. The molecule has 0 fully saturated rings. The Hall–Kier alpha value is -3.66. The molecule has 2 atom stereocenters. The van der Waals surface area contributed by atoms with Gasteiger partial charge in [-0.15, -0.1) is 0 Å². The first-order valence-electron chi connectivity index (χ1n) is 8.04. The highest BCUT2D eigenvalue weighted by Gasteiger charge is 2.46. The van der Waals surface area contributed by atoms with Crippen LogP contribution in [0.1, 0.15) is 11.6 Å². The normalized spacial score (nSPS) is 20.9. The molecular weight excluding hydrogens is 332 g/mol. The van der Waals surface area contributed by atoms with E-state index in [0.29, 0.717) is 5.69 Å². The van der Waals surface area contributed by atoms with Gasteiger partial charge in [-0.2, -0.15) is 5.26 Å². The van der Waals surface area contributed by atoms with Crippen LogP contribution in [-0.2, 0) is 4.79 Å². The van der Waals surface area contributed by atoms with E-state index in [1.165, 1.54) is 17.0 Å². The molecular formula is C19H14N4O3. The van der Waals surface area contributed by atoms with Crippen molar-refractivity contribution in [3.8, 4) is 6.07 Å². The van der Waals surface area contributed by atoms with Crippen LogP contribution in [0.25, 0.3) is 0 Å². The van der Waals surface area contributed by atoms with Crippen LogP contribution < -0.4 is 9.80 Å². The molecule has 2 heterocycles. The molecule has 128 valence electrons. The monoisotopic (exact) mass is 346 g/mol. The Balaban J connectivity index is 1.92. The number of benzene rings is 2. The smallest absolute Gasteiger partial charge is 0.271 e. The van der Waals surface area contributed by atoms with E-state index in [2.05, 4.69) is 0 Å². The van der Waals surface area contributed by atoms with E-state index in [1.807, 2.05) is 42.3 Å². The Morgan fingerprint density at radius 3 is 2.69 bits per heavy atom. The van der Waals surface area contributed by atoms with Crippen LogP contribution in [0.15, 0.2) is 60.2 Å². The van der Waals surface area contributed by atoms with Crippen molar-refractivity contribution >= 4 is 23.0 Å². The maximum absolute atomic E-state index is 12.9. The van der Waals surface area contributed by atoms with Crippen LogP contribution in [0.4, 0.5) is 17.1 Å². The molecule has 1 amide bonds. The van der Waals surface area contributed by atoms with E-state index in [1.54, 1.807) is 18.2 Å². The van der Waals surface area contributed by atoms with Gasteiger partial charge >= 0.3 is 0 Å². The van der Waals surface area contributed by atoms with Crippen molar-refractivity contribution in [1.29, 1.82) is 5.26 Å². The Morgan fingerprint density at radius 1 is 1.19 bits per heavy atom. The first-order valence-corrected chi connectivity index (χ1v) is 8.04. The predicted molar refractivity (Wildman–Crippen MR) is 95.7 cm³/mol. The molecule has 0 aliphatic carbocycles. The first kappa shape index (κ1) is 15.8. The van der Waals surface area contributed by atoms with Gasteiger partial charge in [-0.3, -0.25) is 19.8 Å². The number of amides is 1. The van der Waals surface area contributed by atoms with Crippen molar-refractivity contribution in [2.24, 2.45) is 0 Å². The zero-order chi connectivity index (χ0) is 18.4. The lowest BCUT2D eigenvalue weighted by Crippen LogP contribution is -2.46. The van der Waals surface area contributed by atoms with Gasteiger partial charge in [0.1, 0.15) is 11.6 Å². The van der Waals surface area contributed by atoms with E-state index in [-0.39, 0.29) is 23.3 Å². The van der Waals surface area contributed by atoms with Crippen LogP contribution in [0.5, 0.6) is 0 Å². The number of anilines is 2. The topological polar surface area (TPSA) is 90.5 Å². The maximum Gasteiger partial charge on any atom is 0.271 e. The summed E-state index contributed by atoms with van der Waals surface area (Å²) in [7, 11) is 1.91. The minimum atomic E-state index is -0.495. The van der Waals surface area contributed by atoms with E-state index in [9.17, 15) is 20.2 Å². The molecule has 2 aromatic carbocycles. The zero-order valence-corrected chi connectivity index (χ0v) is 13.9. The molecule has 7 nitrogen and oxygen atoms in total. The van der Waals surface area contributed by atoms with Gasteiger partial charge in [-0.1, -0.05) is 24.3 Å². The van der Waals surface area contributed by atoms with E-state index in [0.717, 1.165) is 11.3 Å². The molecule has 2 unspecified atom stereocenters. The van der Waals surface area contributed by atoms with Crippen LogP contribution >= 0.6 is 0 Å². The van der Waals surface area contributed by atoms with Crippen molar-refractivity contribution < 1.29 is 9.72 Å². The zero-order valence-electron chi connectivity index (χ0n) is 13.9. The lowest BCUT2D eigenvalue weighted by atomic mass is 9.93. The van der Waals surface area contributed by atoms with Gasteiger partial charge in [-0.25, -0.2) is 0 Å². The van der Waals surface area contributed by atoms with Crippen molar-refractivity contribution in [1.82, 2.24) is 0 Å². The van der Waals surface area contributed by atoms with Crippen LogP contribution in [0, 0.1) is 21.4 Å². The molecule has 0 N–H and O–H groups in total. The number of para-hydroxylation sites is 1. The molecule has 2 aliphatic rings. The predicted octanol–water partition coefficient (Wildman–Crippen LogP) is 2.95. The Morgan fingerprint density at radius 2 is 1.96 bits per heavy atom. The van der Waals surface area contributed by atoms with Gasteiger partial charge in [0.15, 0.2) is 0 Å². The SMILES string of the molecule is CN1c2ccccc2C2C1C=C(C#N)C(=O)N2c1cccc([N+](=O)[O-])c1. The summed E-state index contributed by atoms with van der Waals surface area (Å²) < 4.78 is 0. The highest BCUT2D eigenvalue weighted by Crippen LogP contribution is 2.47. The number of carbonyl (C=O) groups excluding carboxylic acids is 1. The fourth-order valence-electron chi connectivity index (χ4n) is 3.73. The second-order valence-corrected chi connectivity index (χ2v) is 6.25. The second kappa shape index (κ2) is 5.70. The summed E-state index contributed by atoms with van der Waals surface area (Å²) >= 11 is 0. The molecule has 4 rings (SSSR count). The van der Waals surface area contributed by atoms with Gasteiger partial charge in [-0.05, 0) is 18.2 Å². The summed E-state index contributed by atoms with van der Waals surface area (Å²) in [5, 5.41) is 20.5. The molecule has 0 aromatic heterocycles. The number of carbonyl (C=O) groups is 1. The summed E-state index contributed by atoms with van der Waals surface area (Å²) in [5.41, 5.74) is 2.27. The van der Waals surface area contributed by atoms with Gasteiger partial charge in [0.05, 0.1) is 22.7 Å². The summed E-state index contributed by atoms with van der Waals surface area (Å²) in [6, 6.07) is 15.1. The number of likely N-dealkylation sites (N-methyl/N-ethyl adjacent to an activating group) is 1. The number of fused-ring (bicyclic) bond motifs is 3. The third-order valence-corrected chi connectivity index (χ3v) is 4.91. The summed E-state index contributed by atoms with van der Waals surface area (Å²) in [6.07, 6.45) is 1.68. The average molecular weight is 346 g/mol. The number of non-ortho nitro benzene ring substituents is 1. The third kappa shape index (κ3) is 2.16. The van der Waals surface area contributed by atoms with Crippen LogP contribution in [0.2, 0.25) is 0 Å². The highest BCUT2D eigenvalue weighted by atomic mass is 16.6. The van der Waals surface area contributed by atoms with Gasteiger partial charge in [0, 0.05) is 30.4 Å². The van der Waals surface area contributed by atoms with E-state index in [4.69, 9.17) is 0 Å². The molecule has 7 heteroatoms. The minimum absolute atomic E-state index is 0.0393. The summed E-state index contributed by atoms with van der Waals surface area (Å²) in [4.78, 5) is 27.1. The third-order valence-electron chi connectivity index (χ3n) is 4.91. The van der Waals surface area contributed by atoms with Crippen molar-refractivity contribution in [2.45, 2.75) is 12.1 Å². The summed E-state index contributed by atoms with van der Waals surface area (Å²) in [5.74, 6) is -0.445. The Labute approximate surface area is 149 Å². The molecule has 2 aliphatic heterocycles. The lowest BCUT2D eigenvalue weighted by molar-refractivity contribution is -0.384. The van der Waals surface area contributed by atoms with Crippen molar-refractivity contribution in [3.05, 3.63) is 75.9 Å². The molecule has 0 saturated carbocycles. The molecule has 2 aromatic rings. The number of hydrogen-bond acceptors (Lipinski definition) is 5. The Kier molecular flexibility index (Phi) is 3.48. The summed E-state index contributed by atoms with van der Waals surface area (Å²) in [6.45, 7) is 0. The lowest BCUT2D eigenvalue weighted by Gasteiger charge is -2.37. The minimum Gasteiger partial charge on any atom is -0.365 e. The second-order valence-electron chi connectivity index (χ2n) is 6.25. The van der Waals surface area contributed by atoms with E-state index < -0.39 is 10.8 Å². The average Bonchev–Trinajstić information content (AvgIpc) is 2.94. The quantitative estimate of drug-likeness (QED) is 0.616. The van der Waals surface area contributed by atoms with Crippen molar-refractivity contribution in [3.63, 3.8) is 0 Å². The van der Waals surface area contributed by atoms with E-state index >= 15 is 0 Å². The standard InChI is InChI=1S/C19H14N4O3/c1-21-16-8-3-2-7-15(16)18-17(21)9-12(11-20)19(24)22(18)13-5-4-6-14(10-13)23(25)26/h2-10,17-18H,1H3.